The molecule has 1 heterocycles. The van der Waals surface area contributed by atoms with Crippen molar-refractivity contribution in [3.05, 3.63) is 46.8 Å². The predicted octanol–water partition coefficient (Wildman–Crippen LogP) is 6.43. The van der Waals surface area contributed by atoms with Crippen LogP contribution in [0, 0.1) is 36.5 Å². The molecule has 0 saturated heterocycles. The Morgan fingerprint density at radius 3 is 2.17 bits per heavy atom. The molecule has 4 fully saturated rings. The van der Waals surface area contributed by atoms with Gasteiger partial charge in [-0.05, 0) is 112 Å². The Labute approximate surface area is 252 Å². The lowest BCUT2D eigenvalue weighted by Crippen LogP contribution is -2.56. The Kier molecular flexibility index (Phi) is 8.71. The van der Waals surface area contributed by atoms with E-state index in [9.17, 15) is 9.59 Å². The molecular weight excluding hydrogens is 524 g/mol. The van der Waals surface area contributed by atoms with Crippen LogP contribution in [0.15, 0.2) is 24.3 Å². The minimum absolute atomic E-state index is 0.0258. The third-order valence-electron chi connectivity index (χ3n) is 9.97. The molecule has 1 aromatic carbocycles. The van der Waals surface area contributed by atoms with Gasteiger partial charge < -0.3 is 20.7 Å². The largest absolute Gasteiger partial charge is 0.415 e. The molecule has 6 rings (SSSR count). The van der Waals surface area contributed by atoms with Gasteiger partial charge in [0.2, 0.25) is 5.91 Å². The monoisotopic (exact) mass is 574 g/mol. The number of hydrogen-bond acceptors (Lipinski definition) is 5. The molecule has 1 aromatic heterocycles. The summed E-state index contributed by atoms with van der Waals surface area (Å²) in [5.74, 6) is 3.69. The normalized spacial score (nSPS) is 24.6. The van der Waals surface area contributed by atoms with Crippen LogP contribution in [-0.4, -0.2) is 40.5 Å². The lowest BCUT2D eigenvalue weighted by atomic mass is 9.54. The van der Waals surface area contributed by atoms with Crippen molar-refractivity contribution in [3.8, 4) is 16.9 Å². The standard InChI is InChI=1S/C35H50N4O3/c1-20(2)12-29-33(42-34(41)39(7)35(4,5)6)31(25-10-8-22(19-36)9-11-25)28(21(3)37-29)18-30(40)38-32-26-14-23-13-24(16-26)17-27(32)15-23/h8-11,20,23-24,26-27,32H,12-19,36H2,1-7H3,(H,38,40). The highest BCUT2D eigenvalue weighted by Gasteiger charge is 2.48. The van der Waals surface area contributed by atoms with Crippen LogP contribution in [0.1, 0.15) is 89.2 Å². The molecule has 3 N–H and O–H groups in total. The molecule has 4 saturated carbocycles. The number of nitrogens with two attached hydrogens (primary N) is 1. The maximum Gasteiger partial charge on any atom is 0.415 e. The third-order valence-corrected chi connectivity index (χ3v) is 9.97. The summed E-state index contributed by atoms with van der Waals surface area (Å²) in [7, 11) is 1.75. The molecule has 4 aliphatic rings. The zero-order valence-electron chi connectivity index (χ0n) is 26.6. The van der Waals surface area contributed by atoms with Crippen molar-refractivity contribution in [3.63, 3.8) is 0 Å². The lowest BCUT2D eigenvalue weighted by molar-refractivity contribution is -0.124. The maximum atomic E-state index is 13.8. The van der Waals surface area contributed by atoms with E-state index < -0.39 is 11.6 Å². The van der Waals surface area contributed by atoms with Crippen molar-refractivity contribution >= 4 is 12.0 Å². The van der Waals surface area contributed by atoms with Crippen molar-refractivity contribution in [1.82, 2.24) is 15.2 Å². The number of nitrogens with zero attached hydrogens (tertiary/aromatic N) is 2. The molecule has 2 aromatic rings. The molecular formula is C35H50N4O3. The quantitative estimate of drug-likeness (QED) is 0.379. The van der Waals surface area contributed by atoms with Crippen LogP contribution in [0.5, 0.6) is 5.75 Å². The van der Waals surface area contributed by atoms with E-state index in [4.69, 9.17) is 15.5 Å². The summed E-state index contributed by atoms with van der Waals surface area (Å²) in [5, 5.41) is 3.48. The van der Waals surface area contributed by atoms with Crippen LogP contribution in [0.3, 0.4) is 0 Å². The second kappa shape index (κ2) is 12.0. The van der Waals surface area contributed by atoms with Gasteiger partial charge in [0.1, 0.15) is 0 Å². The first-order valence-corrected chi connectivity index (χ1v) is 15.9. The molecule has 42 heavy (non-hydrogen) atoms. The van der Waals surface area contributed by atoms with E-state index >= 15 is 0 Å². The fourth-order valence-corrected chi connectivity index (χ4v) is 7.73. The van der Waals surface area contributed by atoms with Crippen LogP contribution in [0.25, 0.3) is 11.1 Å². The van der Waals surface area contributed by atoms with E-state index in [-0.39, 0.29) is 18.4 Å². The predicted molar refractivity (Wildman–Crippen MR) is 167 cm³/mol. The summed E-state index contributed by atoms with van der Waals surface area (Å²) in [4.78, 5) is 33.9. The van der Waals surface area contributed by atoms with Crippen LogP contribution >= 0.6 is 0 Å². The number of ether oxygens (including phenoxy) is 1. The summed E-state index contributed by atoms with van der Waals surface area (Å²) >= 11 is 0. The topological polar surface area (TPSA) is 97.6 Å². The van der Waals surface area contributed by atoms with E-state index in [1.54, 1.807) is 11.9 Å². The first-order chi connectivity index (χ1) is 19.8. The van der Waals surface area contributed by atoms with Gasteiger partial charge in [0.15, 0.2) is 5.75 Å². The number of carbonyl (C=O) groups is 2. The van der Waals surface area contributed by atoms with Crippen molar-refractivity contribution in [2.45, 2.75) is 105 Å². The highest BCUT2D eigenvalue weighted by atomic mass is 16.6. The molecule has 228 valence electrons. The summed E-state index contributed by atoms with van der Waals surface area (Å²) in [6.45, 7) is 12.6. The molecule has 4 aliphatic carbocycles. The zero-order chi connectivity index (χ0) is 30.3. The van der Waals surface area contributed by atoms with E-state index in [0.717, 1.165) is 45.5 Å². The molecule has 0 unspecified atom stereocenters. The Morgan fingerprint density at radius 2 is 1.64 bits per heavy atom. The second-order valence-corrected chi connectivity index (χ2v) is 14.6. The van der Waals surface area contributed by atoms with E-state index in [1.165, 1.54) is 32.1 Å². The van der Waals surface area contributed by atoms with Crippen molar-refractivity contribution < 1.29 is 14.3 Å². The Bertz CT molecular complexity index is 1280. The van der Waals surface area contributed by atoms with Gasteiger partial charge in [-0.25, -0.2) is 4.79 Å². The van der Waals surface area contributed by atoms with Gasteiger partial charge in [0, 0.05) is 36.4 Å². The van der Waals surface area contributed by atoms with E-state index in [2.05, 4.69) is 19.2 Å². The van der Waals surface area contributed by atoms with Crippen LogP contribution in [0.2, 0.25) is 0 Å². The highest BCUT2D eigenvalue weighted by Crippen LogP contribution is 2.53. The highest BCUT2D eigenvalue weighted by molar-refractivity contribution is 5.86. The molecule has 4 bridgehead atoms. The van der Waals surface area contributed by atoms with Gasteiger partial charge in [-0.2, -0.15) is 0 Å². The molecule has 2 amide bonds. The van der Waals surface area contributed by atoms with Gasteiger partial charge in [-0.3, -0.25) is 9.78 Å². The minimum atomic E-state index is -0.443. The number of nitrogens with one attached hydrogen (secondary N) is 1. The lowest BCUT2D eigenvalue weighted by Gasteiger charge is -2.54. The SMILES string of the molecule is Cc1nc(CC(C)C)c(OC(=O)N(C)C(C)(C)C)c(-c2ccc(CN)cc2)c1CC(=O)NC1C2CC3CC(C2)CC1C3. The average molecular weight is 575 g/mol. The van der Waals surface area contributed by atoms with Crippen molar-refractivity contribution in [2.24, 2.45) is 35.3 Å². The number of aryl methyl sites for hydroxylation is 1. The van der Waals surface area contributed by atoms with Crippen molar-refractivity contribution in [2.75, 3.05) is 7.05 Å². The van der Waals surface area contributed by atoms with Gasteiger partial charge in [-0.1, -0.05) is 38.1 Å². The Balaban J connectivity index is 1.54. The Hall–Kier alpha value is -2.93. The van der Waals surface area contributed by atoms with Gasteiger partial charge in [-0.15, -0.1) is 0 Å². The van der Waals surface area contributed by atoms with Crippen LogP contribution in [0.4, 0.5) is 4.79 Å². The zero-order valence-corrected chi connectivity index (χ0v) is 26.6. The summed E-state index contributed by atoms with van der Waals surface area (Å²) in [5.41, 5.74) is 10.5. The number of pyridine rings is 1. The molecule has 7 heteroatoms. The van der Waals surface area contributed by atoms with Crippen LogP contribution in [-0.2, 0) is 24.2 Å². The number of amides is 2. The number of hydrogen-bond donors (Lipinski definition) is 2. The van der Waals surface area contributed by atoms with E-state index in [0.29, 0.717) is 36.5 Å². The first-order valence-electron chi connectivity index (χ1n) is 15.9. The third kappa shape index (κ3) is 6.36. The average Bonchev–Trinajstić information content (AvgIpc) is 2.91. The Morgan fingerprint density at radius 1 is 1.05 bits per heavy atom. The summed E-state index contributed by atoms with van der Waals surface area (Å²) in [6.07, 6.45) is 6.80. The molecule has 0 spiro atoms. The number of carbonyl (C=O) groups excluding carboxylic acids is 2. The summed E-state index contributed by atoms with van der Waals surface area (Å²) < 4.78 is 6.25. The minimum Gasteiger partial charge on any atom is -0.408 e. The smallest absolute Gasteiger partial charge is 0.408 e. The van der Waals surface area contributed by atoms with E-state index in [1.807, 2.05) is 52.0 Å². The van der Waals surface area contributed by atoms with Crippen molar-refractivity contribution in [1.29, 1.82) is 0 Å². The molecule has 0 atom stereocenters. The second-order valence-electron chi connectivity index (χ2n) is 14.6. The van der Waals surface area contributed by atoms with Gasteiger partial charge in [0.05, 0.1) is 12.1 Å². The molecule has 0 aliphatic heterocycles. The number of rotatable bonds is 8. The molecule has 7 nitrogen and oxygen atoms in total. The number of aromatic nitrogens is 1. The number of benzene rings is 1. The maximum absolute atomic E-state index is 13.8. The van der Waals surface area contributed by atoms with Gasteiger partial charge in [0.25, 0.3) is 0 Å². The van der Waals surface area contributed by atoms with Gasteiger partial charge >= 0.3 is 6.09 Å². The fraction of sp³-hybridized carbons (Fsp3) is 0.629. The fourth-order valence-electron chi connectivity index (χ4n) is 7.73. The first kappa shape index (κ1) is 30.5. The molecule has 0 radical (unpaired) electrons. The summed E-state index contributed by atoms with van der Waals surface area (Å²) in [6, 6.07) is 8.29. The van der Waals surface area contributed by atoms with Crippen LogP contribution < -0.4 is 15.8 Å².